The van der Waals surface area contributed by atoms with Gasteiger partial charge in [0.2, 0.25) is 0 Å². The van der Waals surface area contributed by atoms with E-state index in [1.807, 2.05) is 31.2 Å². The Morgan fingerprint density at radius 3 is 2.47 bits per heavy atom. The lowest BCUT2D eigenvalue weighted by molar-refractivity contribution is 0.480. The Hall–Kier alpha value is -2.27. The third kappa shape index (κ3) is 3.35. The van der Waals surface area contributed by atoms with Crippen LogP contribution in [0.25, 0.3) is 0 Å². The van der Waals surface area contributed by atoms with E-state index in [-0.39, 0.29) is 0 Å². The van der Waals surface area contributed by atoms with Crippen molar-refractivity contribution in [3.05, 3.63) is 59.2 Å². The first-order valence-electron chi connectivity index (χ1n) is 6.50. The van der Waals surface area contributed by atoms with Crippen molar-refractivity contribution in [1.82, 2.24) is 0 Å². The Kier molecular flexibility index (Phi) is 4.20. The van der Waals surface area contributed by atoms with Gasteiger partial charge in [0.15, 0.2) is 0 Å². The molecule has 0 heterocycles. The molecule has 0 unspecified atom stereocenters. The van der Waals surface area contributed by atoms with Crippen molar-refractivity contribution < 1.29 is 4.74 Å². The molecule has 0 N–H and O–H groups in total. The van der Waals surface area contributed by atoms with Gasteiger partial charge in [0.05, 0.1) is 5.56 Å². The summed E-state index contributed by atoms with van der Waals surface area (Å²) in [6.45, 7) is 4.15. The van der Waals surface area contributed by atoms with Gasteiger partial charge in [-0.3, -0.25) is 0 Å². The molecule has 2 aromatic carbocycles. The lowest BCUT2D eigenvalue weighted by Gasteiger charge is -2.09. The lowest BCUT2D eigenvalue weighted by Crippen LogP contribution is -1.90. The van der Waals surface area contributed by atoms with Gasteiger partial charge in [0.25, 0.3) is 0 Å². The van der Waals surface area contributed by atoms with Crippen molar-refractivity contribution in [1.29, 1.82) is 5.26 Å². The van der Waals surface area contributed by atoms with Gasteiger partial charge in [-0.2, -0.15) is 5.26 Å². The fourth-order valence-corrected chi connectivity index (χ4v) is 1.95. The second-order valence-corrected chi connectivity index (χ2v) is 4.61. The maximum absolute atomic E-state index is 9.07. The molecular weight excluding hydrogens is 234 g/mol. The fourth-order valence-electron chi connectivity index (χ4n) is 1.95. The Labute approximate surface area is 114 Å². The van der Waals surface area contributed by atoms with E-state index in [1.165, 1.54) is 5.56 Å². The zero-order chi connectivity index (χ0) is 13.7. The van der Waals surface area contributed by atoms with Gasteiger partial charge in [-0.05, 0) is 48.7 Å². The molecule has 0 aliphatic heterocycles. The third-order valence-corrected chi connectivity index (χ3v) is 2.95. The summed E-state index contributed by atoms with van der Waals surface area (Å²) in [6, 6.07) is 15.8. The molecule has 0 spiro atoms. The van der Waals surface area contributed by atoms with E-state index < -0.39 is 0 Å². The van der Waals surface area contributed by atoms with Gasteiger partial charge in [0, 0.05) is 0 Å². The highest BCUT2D eigenvalue weighted by molar-refractivity contribution is 5.47. The molecule has 0 aliphatic carbocycles. The summed E-state index contributed by atoms with van der Waals surface area (Å²) < 4.78 is 5.79. The smallest absolute Gasteiger partial charge is 0.145 e. The van der Waals surface area contributed by atoms with Crippen LogP contribution in [0.4, 0.5) is 0 Å². The van der Waals surface area contributed by atoms with Crippen LogP contribution in [0.15, 0.2) is 42.5 Å². The largest absolute Gasteiger partial charge is 0.456 e. The average Bonchev–Trinajstić information content (AvgIpc) is 2.42. The molecule has 0 saturated carbocycles. The summed E-state index contributed by atoms with van der Waals surface area (Å²) in [5.74, 6) is 1.38. The van der Waals surface area contributed by atoms with Crippen LogP contribution < -0.4 is 4.74 Å². The second kappa shape index (κ2) is 6.06. The van der Waals surface area contributed by atoms with Crippen LogP contribution in [0.3, 0.4) is 0 Å². The minimum Gasteiger partial charge on any atom is -0.456 e. The van der Waals surface area contributed by atoms with Gasteiger partial charge < -0.3 is 4.74 Å². The van der Waals surface area contributed by atoms with Crippen LogP contribution in [0.5, 0.6) is 11.5 Å². The number of rotatable bonds is 4. The van der Waals surface area contributed by atoms with Crippen molar-refractivity contribution in [3.63, 3.8) is 0 Å². The van der Waals surface area contributed by atoms with Gasteiger partial charge in [-0.25, -0.2) is 0 Å². The summed E-state index contributed by atoms with van der Waals surface area (Å²) in [5.41, 5.74) is 2.94. The van der Waals surface area contributed by atoms with Crippen LogP contribution >= 0.6 is 0 Å². The molecule has 2 heteroatoms. The Morgan fingerprint density at radius 2 is 1.84 bits per heavy atom. The van der Waals surface area contributed by atoms with Crippen molar-refractivity contribution in [3.8, 4) is 17.6 Å². The second-order valence-electron chi connectivity index (χ2n) is 4.61. The van der Waals surface area contributed by atoms with Gasteiger partial charge in [-0.15, -0.1) is 0 Å². The van der Waals surface area contributed by atoms with Crippen LogP contribution in [-0.2, 0) is 6.42 Å². The standard InChI is InChI=1S/C17H17NO/c1-3-4-14-6-9-16(10-7-14)19-17-11-13(2)5-8-15(17)12-18/h5-11H,3-4H2,1-2H3. The predicted octanol–water partition coefficient (Wildman–Crippen LogP) is 4.61. The molecule has 2 aromatic rings. The summed E-state index contributed by atoms with van der Waals surface area (Å²) in [5, 5.41) is 9.07. The molecule has 2 rings (SSSR count). The van der Waals surface area contributed by atoms with Crippen LogP contribution in [0, 0.1) is 18.3 Å². The van der Waals surface area contributed by atoms with E-state index in [0.29, 0.717) is 11.3 Å². The fraction of sp³-hybridized carbons (Fsp3) is 0.235. The SMILES string of the molecule is CCCc1ccc(Oc2cc(C)ccc2C#N)cc1. The number of hydrogen-bond donors (Lipinski definition) is 0. The lowest BCUT2D eigenvalue weighted by atomic mass is 10.1. The van der Waals surface area contributed by atoms with Gasteiger partial charge in [0.1, 0.15) is 17.6 Å². The third-order valence-electron chi connectivity index (χ3n) is 2.95. The molecule has 0 atom stereocenters. The Morgan fingerprint density at radius 1 is 1.11 bits per heavy atom. The van der Waals surface area contributed by atoms with Crippen LogP contribution in [0.1, 0.15) is 30.0 Å². The number of nitriles is 1. The molecule has 0 aromatic heterocycles. The number of hydrogen-bond acceptors (Lipinski definition) is 2. The molecular formula is C17H17NO. The predicted molar refractivity (Wildman–Crippen MR) is 76.4 cm³/mol. The van der Waals surface area contributed by atoms with Gasteiger partial charge in [-0.1, -0.05) is 31.5 Å². The summed E-state index contributed by atoms with van der Waals surface area (Å²) in [4.78, 5) is 0. The summed E-state index contributed by atoms with van der Waals surface area (Å²) >= 11 is 0. The van der Waals surface area contributed by atoms with Crippen LogP contribution in [-0.4, -0.2) is 0 Å². The van der Waals surface area contributed by atoms with Crippen molar-refractivity contribution in [2.24, 2.45) is 0 Å². The molecule has 0 bridgehead atoms. The molecule has 0 saturated heterocycles. The van der Waals surface area contributed by atoms with E-state index >= 15 is 0 Å². The first-order chi connectivity index (χ1) is 9.22. The van der Waals surface area contributed by atoms with Crippen molar-refractivity contribution in [2.45, 2.75) is 26.7 Å². The molecule has 0 aliphatic rings. The highest BCUT2D eigenvalue weighted by Gasteiger charge is 2.05. The number of nitrogens with zero attached hydrogens (tertiary/aromatic N) is 1. The number of aryl methyl sites for hydroxylation is 2. The first kappa shape index (κ1) is 13.2. The maximum atomic E-state index is 9.07. The minimum atomic E-state index is 0.559. The molecule has 19 heavy (non-hydrogen) atoms. The van der Waals surface area contributed by atoms with Crippen molar-refractivity contribution in [2.75, 3.05) is 0 Å². The number of ether oxygens (including phenoxy) is 1. The first-order valence-corrected chi connectivity index (χ1v) is 6.50. The molecule has 0 fully saturated rings. The molecule has 2 nitrogen and oxygen atoms in total. The zero-order valence-corrected chi connectivity index (χ0v) is 11.3. The van der Waals surface area contributed by atoms with E-state index in [0.717, 1.165) is 24.2 Å². The van der Waals surface area contributed by atoms with Crippen molar-refractivity contribution >= 4 is 0 Å². The van der Waals surface area contributed by atoms with E-state index in [1.54, 1.807) is 6.07 Å². The summed E-state index contributed by atoms with van der Waals surface area (Å²) in [7, 11) is 0. The average molecular weight is 251 g/mol. The molecule has 0 radical (unpaired) electrons. The van der Waals surface area contributed by atoms with Crippen LogP contribution in [0.2, 0.25) is 0 Å². The molecule has 0 amide bonds. The zero-order valence-electron chi connectivity index (χ0n) is 11.3. The number of benzene rings is 2. The Balaban J connectivity index is 2.21. The highest BCUT2D eigenvalue weighted by atomic mass is 16.5. The van der Waals surface area contributed by atoms with E-state index in [2.05, 4.69) is 25.1 Å². The topological polar surface area (TPSA) is 33.0 Å². The minimum absolute atomic E-state index is 0.559. The Bertz CT molecular complexity index is 594. The highest BCUT2D eigenvalue weighted by Crippen LogP contribution is 2.26. The maximum Gasteiger partial charge on any atom is 0.145 e. The normalized spacial score (nSPS) is 9.95. The quantitative estimate of drug-likeness (QED) is 0.794. The van der Waals surface area contributed by atoms with E-state index in [4.69, 9.17) is 10.00 Å². The van der Waals surface area contributed by atoms with E-state index in [9.17, 15) is 0 Å². The monoisotopic (exact) mass is 251 g/mol. The van der Waals surface area contributed by atoms with Gasteiger partial charge >= 0.3 is 0 Å². The molecule has 96 valence electrons. The summed E-state index contributed by atoms with van der Waals surface area (Å²) in [6.07, 6.45) is 2.21.